The molecule has 4 aromatic carbocycles. The van der Waals surface area contributed by atoms with E-state index in [-0.39, 0.29) is 16.3 Å². The summed E-state index contributed by atoms with van der Waals surface area (Å²) in [5.74, 6) is -0.897. The zero-order valence-electron chi connectivity index (χ0n) is 22.4. The molecule has 0 aromatic heterocycles. The Labute approximate surface area is 262 Å². The van der Waals surface area contributed by atoms with Crippen molar-refractivity contribution in [2.75, 3.05) is 19.0 Å². The quantitative estimate of drug-likeness (QED) is 0.148. The monoisotopic (exact) mass is 718 g/mol. The van der Waals surface area contributed by atoms with Crippen LogP contribution in [0.5, 0.6) is 11.5 Å². The highest BCUT2D eigenvalue weighted by Crippen LogP contribution is 2.36. The van der Waals surface area contributed by atoms with Gasteiger partial charge in [-0.25, -0.2) is 0 Å². The molecule has 7 nitrogen and oxygen atoms in total. The number of halogens is 4. The minimum atomic E-state index is -4.64. The van der Waals surface area contributed by atoms with Gasteiger partial charge in [0.25, 0.3) is 11.1 Å². The Hall–Kier alpha value is -4.04. The Morgan fingerprint density at radius 1 is 1.00 bits per heavy atom. The molecule has 0 atom stereocenters. The molecule has 1 saturated heterocycles. The minimum absolute atomic E-state index is 0.00506. The summed E-state index contributed by atoms with van der Waals surface area (Å²) in [6.45, 7) is -0.316. The lowest BCUT2D eigenvalue weighted by Crippen LogP contribution is -2.36. The number of alkyl halides is 3. The van der Waals surface area contributed by atoms with Crippen molar-refractivity contribution in [3.8, 4) is 11.5 Å². The van der Waals surface area contributed by atoms with Gasteiger partial charge in [0.1, 0.15) is 24.7 Å². The lowest BCUT2D eigenvalue weighted by Gasteiger charge is -2.16. The summed E-state index contributed by atoms with van der Waals surface area (Å²) in [5.41, 5.74) is 0.465. The average Bonchev–Trinajstić information content (AvgIpc) is 3.23. The molecule has 220 valence electrons. The van der Waals surface area contributed by atoms with Crippen LogP contribution in [0.4, 0.5) is 23.7 Å². The van der Waals surface area contributed by atoms with E-state index in [1.165, 1.54) is 13.2 Å². The van der Waals surface area contributed by atoms with Crippen LogP contribution >= 0.6 is 34.4 Å². The summed E-state index contributed by atoms with van der Waals surface area (Å²) in [6.07, 6.45) is -3.10. The van der Waals surface area contributed by atoms with Crippen LogP contribution in [0, 0.1) is 3.57 Å². The van der Waals surface area contributed by atoms with Crippen LogP contribution in [0.15, 0.2) is 83.8 Å². The first-order chi connectivity index (χ1) is 20.5. The van der Waals surface area contributed by atoms with Gasteiger partial charge in [0, 0.05) is 0 Å². The van der Waals surface area contributed by atoms with Gasteiger partial charge in [-0.15, -0.1) is 0 Å². The summed E-state index contributed by atoms with van der Waals surface area (Å²) in [7, 11) is 1.24. The number of hydrogen-bond donors (Lipinski definition) is 1. The molecule has 1 N–H and O–H groups in total. The number of carbonyl (C=O) groups is 3. The number of nitrogens with zero attached hydrogens (tertiary/aromatic N) is 1. The number of thioether (sulfide) groups is 1. The van der Waals surface area contributed by atoms with Crippen LogP contribution < -0.4 is 14.8 Å². The zero-order valence-corrected chi connectivity index (χ0v) is 25.4. The fourth-order valence-corrected chi connectivity index (χ4v) is 5.93. The normalized spacial score (nSPS) is 14.4. The molecule has 0 aliphatic carbocycles. The second kappa shape index (κ2) is 12.7. The Balaban J connectivity index is 1.25. The van der Waals surface area contributed by atoms with E-state index in [1.54, 1.807) is 18.2 Å². The van der Waals surface area contributed by atoms with Crippen LogP contribution in [-0.4, -0.2) is 35.6 Å². The number of imide groups is 1. The third kappa shape index (κ3) is 6.96. The van der Waals surface area contributed by atoms with Gasteiger partial charge in [-0.2, -0.15) is 13.2 Å². The summed E-state index contributed by atoms with van der Waals surface area (Å²) >= 11 is 2.80. The lowest BCUT2D eigenvalue weighted by molar-refractivity contribution is -0.137. The highest BCUT2D eigenvalue weighted by atomic mass is 127. The van der Waals surface area contributed by atoms with Crippen molar-refractivity contribution in [1.82, 2.24) is 4.90 Å². The first-order valence-corrected chi connectivity index (χ1v) is 14.6. The van der Waals surface area contributed by atoms with E-state index in [4.69, 9.17) is 9.47 Å². The number of benzene rings is 4. The molecule has 1 aliphatic heterocycles. The number of amides is 3. The van der Waals surface area contributed by atoms with Gasteiger partial charge >= 0.3 is 6.18 Å². The van der Waals surface area contributed by atoms with Gasteiger partial charge in [0.15, 0.2) is 0 Å². The van der Waals surface area contributed by atoms with Gasteiger partial charge < -0.3 is 14.8 Å². The Morgan fingerprint density at radius 3 is 2.49 bits per heavy atom. The molecule has 0 bridgehead atoms. The standard InChI is InChI=1S/C31H22F3IN2O5S/c1-41-26-12-10-21(31(32,33)34)15-24(26)36-28(38)16-37-29(39)27(43-30(37)40)14-18-9-11-25(23(35)13-18)42-17-20-7-4-6-19-5-2-3-8-22(19)20/h2-15H,16-17H2,1H3,(H,36,38)/b27-14-. The molecule has 12 heteroatoms. The van der Waals surface area contributed by atoms with E-state index in [0.29, 0.717) is 29.7 Å². The maximum atomic E-state index is 13.1. The average molecular weight is 718 g/mol. The first-order valence-electron chi connectivity index (χ1n) is 12.7. The molecule has 43 heavy (non-hydrogen) atoms. The molecule has 4 aromatic rings. The number of nitrogens with one attached hydrogen (secondary N) is 1. The van der Waals surface area contributed by atoms with Crippen LogP contribution in [0.2, 0.25) is 0 Å². The van der Waals surface area contributed by atoms with Gasteiger partial charge in [0.05, 0.1) is 26.8 Å². The molecule has 0 radical (unpaired) electrons. The fourth-order valence-electron chi connectivity index (χ4n) is 4.40. The summed E-state index contributed by atoms with van der Waals surface area (Å²) in [6, 6.07) is 22.0. The molecular formula is C31H22F3IN2O5S. The fraction of sp³-hybridized carbons (Fsp3) is 0.129. The largest absolute Gasteiger partial charge is 0.495 e. The van der Waals surface area contributed by atoms with E-state index in [2.05, 4.69) is 27.9 Å². The molecule has 0 spiro atoms. The van der Waals surface area contributed by atoms with Crippen LogP contribution in [0.3, 0.4) is 0 Å². The molecule has 1 aliphatic rings. The highest BCUT2D eigenvalue weighted by molar-refractivity contribution is 14.1. The first kappa shape index (κ1) is 30.4. The van der Waals surface area contributed by atoms with Crippen molar-refractivity contribution in [3.05, 3.63) is 104 Å². The molecule has 3 amide bonds. The second-order valence-corrected chi connectivity index (χ2v) is 11.5. The molecule has 0 saturated carbocycles. The Kier molecular flexibility index (Phi) is 8.97. The molecule has 5 rings (SSSR count). The van der Waals surface area contributed by atoms with Crippen LogP contribution in [-0.2, 0) is 22.4 Å². The van der Waals surface area contributed by atoms with E-state index in [0.717, 1.165) is 43.0 Å². The molecular weight excluding hydrogens is 696 g/mol. The Morgan fingerprint density at radius 2 is 1.74 bits per heavy atom. The second-order valence-electron chi connectivity index (χ2n) is 9.35. The van der Waals surface area contributed by atoms with Crippen LogP contribution in [0.25, 0.3) is 16.8 Å². The predicted octanol–water partition coefficient (Wildman–Crippen LogP) is 7.73. The van der Waals surface area contributed by atoms with E-state index in [9.17, 15) is 27.6 Å². The maximum Gasteiger partial charge on any atom is 0.416 e. The summed E-state index contributed by atoms with van der Waals surface area (Å²) in [4.78, 5) is 39.0. The number of ether oxygens (including phenoxy) is 2. The topological polar surface area (TPSA) is 84.9 Å². The van der Waals surface area contributed by atoms with Crippen molar-refractivity contribution in [2.24, 2.45) is 0 Å². The summed E-state index contributed by atoms with van der Waals surface area (Å²) < 4.78 is 51.3. The van der Waals surface area contributed by atoms with Crippen molar-refractivity contribution in [3.63, 3.8) is 0 Å². The molecule has 1 heterocycles. The van der Waals surface area contributed by atoms with E-state index >= 15 is 0 Å². The number of methoxy groups -OCH3 is 1. The zero-order chi connectivity index (χ0) is 30.7. The van der Waals surface area contributed by atoms with Crippen molar-refractivity contribution in [1.29, 1.82) is 0 Å². The van der Waals surface area contributed by atoms with Gasteiger partial charge in [-0.1, -0.05) is 48.5 Å². The van der Waals surface area contributed by atoms with Gasteiger partial charge in [0.2, 0.25) is 5.91 Å². The van der Waals surface area contributed by atoms with E-state index in [1.807, 2.05) is 42.5 Å². The van der Waals surface area contributed by atoms with Crippen LogP contribution in [0.1, 0.15) is 16.7 Å². The third-order valence-corrected chi connectivity index (χ3v) is 8.24. The lowest BCUT2D eigenvalue weighted by atomic mass is 10.1. The number of fused-ring (bicyclic) bond motifs is 1. The smallest absolute Gasteiger partial charge is 0.416 e. The number of carbonyl (C=O) groups excluding carboxylic acids is 3. The summed E-state index contributed by atoms with van der Waals surface area (Å²) in [5, 5.41) is 3.85. The third-order valence-electron chi connectivity index (χ3n) is 6.49. The Bertz CT molecular complexity index is 1770. The maximum absolute atomic E-state index is 13.1. The number of anilines is 1. The van der Waals surface area contributed by atoms with Crippen molar-refractivity contribution >= 4 is 73.9 Å². The molecule has 1 fully saturated rings. The number of hydrogen-bond acceptors (Lipinski definition) is 6. The SMILES string of the molecule is COc1ccc(C(F)(F)F)cc1NC(=O)CN1C(=O)S/C(=C\c2ccc(OCc3cccc4ccccc34)c(I)c2)C1=O. The van der Waals surface area contributed by atoms with Crippen molar-refractivity contribution in [2.45, 2.75) is 12.8 Å². The highest BCUT2D eigenvalue weighted by Gasteiger charge is 2.37. The predicted molar refractivity (Wildman–Crippen MR) is 167 cm³/mol. The van der Waals surface area contributed by atoms with Gasteiger partial charge in [-0.05, 0) is 92.7 Å². The van der Waals surface area contributed by atoms with Crippen molar-refractivity contribution < 1.29 is 37.0 Å². The minimum Gasteiger partial charge on any atom is -0.495 e. The van der Waals surface area contributed by atoms with Gasteiger partial charge in [-0.3, -0.25) is 19.3 Å². The number of rotatable bonds is 8. The molecule has 0 unspecified atom stereocenters. The van der Waals surface area contributed by atoms with E-state index < -0.39 is 35.3 Å².